The SMILES string of the molecule is CN=C(NCCc1ccncc1C)NCC1(C)CCCO1.I. The number of aryl methyl sites for hydroxylation is 1. The Morgan fingerprint density at radius 1 is 1.45 bits per heavy atom. The fraction of sp³-hybridized carbons (Fsp3) is 0.625. The van der Waals surface area contributed by atoms with E-state index >= 15 is 0 Å². The first-order valence-electron chi connectivity index (χ1n) is 7.61. The molecule has 124 valence electrons. The summed E-state index contributed by atoms with van der Waals surface area (Å²) in [6.07, 6.45) is 6.95. The van der Waals surface area contributed by atoms with Crippen LogP contribution in [0, 0.1) is 6.92 Å². The number of hydrogen-bond donors (Lipinski definition) is 2. The van der Waals surface area contributed by atoms with Gasteiger partial charge in [-0.1, -0.05) is 0 Å². The summed E-state index contributed by atoms with van der Waals surface area (Å²) in [4.78, 5) is 8.38. The molecule has 1 fully saturated rings. The molecule has 2 rings (SSSR count). The van der Waals surface area contributed by atoms with Gasteiger partial charge in [-0.15, -0.1) is 24.0 Å². The number of aromatic nitrogens is 1. The van der Waals surface area contributed by atoms with Crippen LogP contribution < -0.4 is 10.6 Å². The van der Waals surface area contributed by atoms with Gasteiger partial charge in [-0.2, -0.15) is 0 Å². The van der Waals surface area contributed by atoms with E-state index in [-0.39, 0.29) is 29.6 Å². The van der Waals surface area contributed by atoms with Gasteiger partial charge in [-0.25, -0.2) is 0 Å². The number of hydrogen-bond acceptors (Lipinski definition) is 3. The van der Waals surface area contributed by atoms with Crippen LogP contribution in [0.3, 0.4) is 0 Å². The summed E-state index contributed by atoms with van der Waals surface area (Å²) < 4.78 is 5.77. The van der Waals surface area contributed by atoms with Gasteiger partial charge < -0.3 is 15.4 Å². The molecule has 1 saturated heterocycles. The van der Waals surface area contributed by atoms with Crippen molar-refractivity contribution >= 4 is 29.9 Å². The average Bonchev–Trinajstić information content (AvgIpc) is 2.91. The third-order valence-corrected chi connectivity index (χ3v) is 3.98. The smallest absolute Gasteiger partial charge is 0.191 e. The van der Waals surface area contributed by atoms with Crippen molar-refractivity contribution in [3.63, 3.8) is 0 Å². The van der Waals surface area contributed by atoms with Gasteiger partial charge in [0.05, 0.1) is 5.60 Å². The molecule has 2 heterocycles. The monoisotopic (exact) mass is 418 g/mol. The molecular weight excluding hydrogens is 391 g/mol. The normalized spacial score (nSPS) is 21.3. The highest BCUT2D eigenvalue weighted by Crippen LogP contribution is 2.23. The molecule has 0 aliphatic carbocycles. The van der Waals surface area contributed by atoms with E-state index in [0.29, 0.717) is 0 Å². The maximum atomic E-state index is 5.77. The number of halogens is 1. The van der Waals surface area contributed by atoms with Gasteiger partial charge in [0, 0.05) is 39.1 Å². The lowest BCUT2D eigenvalue weighted by Crippen LogP contribution is -2.45. The quantitative estimate of drug-likeness (QED) is 0.438. The summed E-state index contributed by atoms with van der Waals surface area (Å²) in [6.45, 7) is 6.75. The molecule has 0 aromatic carbocycles. The minimum atomic E-state index is -0.0562. The number of guanidine groups is 1. The number of ether oxygens (including phenoxy) is 1. The summed E-state index contributed by atoms with van der Waals surface area (Å²) in [5, 5.41) is 6.70. The predicted molar refractivity (Wildman–Crippen MR) is 101 cm³/mol. The van der Waals surface area contributed by atoms with E-state index in [0.717, 1.165) is 44.9 Å². The number of rotatable bonds is 5. The second kappa shape index (κ2) is 9.29. The molecule has 22 heavy (non-hydrogen) atoms. The fourth-order valence-corrected chi connectivity index (χ4v) is 2.57. The summed E-state index contributed by atoms with van der Waals surface area (Å²) >= 11 is 0. The first kappa shape index (κ1) is 19.2. The highest BCUT2D eigenvalue weighted by Gasteiger charge is 2.29. The van der Waals surface area contributed by atoms with E-state index in [1.54, 1.807) is 7.05 Å². The molecule has 0 bridgehead atoms. The first-order chi connectivity index (χ1) is 10.1. The van der Waals surface area contributed by atoms with E-state index in [9.17, 15) is 0 Å². The first-order valence-corrected chi connectivity index (χ1v) is 7.61. The van der Waals surface area contributed by atoms with Crippen LogP contribution in [0.4, 0.5) is 0 Å². The average molecular weight is 418 g/mol. The topological polar surface area (TPSA) is 58.5 Å². The molecule has 6 heteroatoms. The van der Waals surface area contributed by atoms with Crippen molar-refractivity contribution in [2.24, 2.45) is 4.99 Å². The van der Waals surface area contributed by atoms with E-state index in [4.69, 9.17) is 4.74 Å². The van der Waals surface area contributed by atoms with Crippen molar-refractivity contribution in [1.29, 1.82) is 0 Å². The number of nitrogens with zero attached hydrogens (tertiary/aromatic N) is 2. The maximum Gasteiger partial charge on any atom is 0.191 e. The third kappa shape index (κ3) is 5.72. The second-order valence-corrected chi connectivity index (χ2v) is 5.81. The Labute approximate surface area is 150 Å². The van der Waals surface area contributed by atoms with Crippen LogP contribution in [0.15, 0.2) is 23.5 Å². The van der Waals surface area contributed by atoms with E-state index in [1.165, 1.54) is 11.1 Å². The molecule has 1 aliphatic rings. The molecule has 1 aromatic heterocycles. The fourth-order valence-electron chi connectivity index (χ4n) is 2.57. The Bertz CT molecular complexity index is 487. The van der Waals surface area contributed by atoms with Crippen LogP contribution in [0.5, 0.6) is 0 Å². The van der Waals surface area contributed by atoms with Gasteiger partial charge in [0.25, 0.3) is 0 Å². The lowest BCUT2D eigenvalue weighted by molar-refractivity contribution is 0.0243. The molecule has 5 nitrogen and oxygen atoms in total. The molecule has 0 saturated carbocycles. The molecule has 0 amide bonds. The van der Waals surface area contributed by atoms with Crippen molar-refractivity contribution in [3.05, 3.63) is 29.6 Å². The van der Waals surface area contributed by atoms with Gasteiger partial charge >= 0.3 is 0 Å². The summed E-state index contributed by atoms with van der Waals surface area (Å²) in [5.74, 6) is 0.832. The van der Waals surface area contributed by atoms with Gasteiger partial charge in [-0.3, -0.25) is 9.98 Å². The van der Waals surface area contributed by atoms with Gasteiger partial charge in [0.2, 0.25) is 0 Å². The highest BCUT2D eigenvalue weighted by molar-refractivity contribution is 14.0. The van der Waals surface area contributed by atoms with Crippen LogP contribution in [-0.4, -0.2) is 43.3 Å². The maximum absolute atomic E-state index is 5.77. The molecule has 0 spiro atoms. The molecular formula is C16H27IN4O. The molecule has 0 radical (unpaired) electrons. The van der Waals surface area contributed by atoms with Gasteiger partial charge in [-0.05, 0) is 50.3 Å². The van der Waals surface area contributed by atoms with Crippen molar-refractivity contribution in [3.8, 4) is 0 Å². The number of nitrogens with one attached hydrogen (secondary N) is 2. The predicted octanol–water partition coefficient (Wildman–Crippen LogP) is 2.28. The van der Waals surface area contributed by atoms with Crippen LogP contribution >= 0.6 is 24.0 Å². The second-order valence-electron chi connectivity index (χ2n) is 5.81. The Balaban J connectivity index is 0.00000242. The lowest BCUT2D eigenvalue weighted by atomic mass is 10.0. The van der Waals surface area contributed by atoms with Gasteiger partial charge in [0.1, 0.15) is 0 Å². The summed E-state index contributed by atoms with van der Waals surface area (Å²) in [5.41, 5.74) is 2.49. The van der Waals surface area contributed by atoms with Crippen molar-refractivity contribution < 1.29 is 4.74 Å². The molecule has 2 N–H and O–H groups in total. The zero-order valence-corrected chi connectivity index (χ0v) is 16.0. The van der Waals surface area contributed by atoms with E-state index in [1.807, 2.05) is 12.4 Å². The van der Waals surface area contributed by atoms with Gasteiger partial charge in [0.15, 0.2) is 5.96 Å². The Hall–Kier alpha value is -0.890. The molecule has 1 aliphatic heterocycles. The standard InChI is InChI=1S/C16H26N4O.HI/c1-13-11-18-8-5-14(13)6-9-19-15(17-3)20-12-16(2)7-4-10-21-16;/h5,8,11H,4,6-7,9-10,12H2,1-3H3,(H2,17,19,20);1H. The van der Waals surface area contributed by atoms with Crippen LogP contribution in [0.25, 0.3) is 0 Å². The third-order valence-electron chi connectivity index (χ3n) is 3.98. The number of pyridine rings is 1. The minimum absolute atomic E-state index is 0. The largest absolute Gasteiger partial charge is 0.373 e. The Morgan fingerprint density at radius 3 is 2.91 bits per heavy atom. The Kier molecular flexibility index (Phi) is 8.09. The van der Waals surface area contributed by atoms with Crippen molar-refractivity contribution in [1.82, 2.24) is 15.6 Å². The van der Waals surface area contributed by atoms with E-state index in [2.05, 4.69) is 40.5 Å². The highest BCUT2D eigenvalue weighted by atomic mass is 127. The summed E-state index contributed by atoms with van der Waals surface area (Å²) in [6, 6.07) is 2.07. The molecule has 1 aromatic rings. The Morgan fingerprint density at radius 2 is 2.27 bits per heavy atom. The zero-order valence-electron chi connectivity index (χ0n) is 13.7. The zero-order chi connectivity index (χ0) is 15.1. The van der Waals surface area contributed by atoms with Crippen molar-refractivity contribution in [2.45, 2.75) is 38.7 Å². The van der Waals surface area contributed by atoms with Crippen LogP contribution in [0.1, 0.15) is 30.9 Å². The molecule has 1 atom stereocenters. The number of aliphatic imine (C=N–C) groups is 1. The lowest BCUT2D eigenvalue weighted by Gasteiger charge is -2.24. The molecule has 1 unspecified atom stereocenters. The summed E-state index contributed by atoms with van der Waals surface area (Å²) in [7, 11) is 1.80. The van der Waals surface area contributed by atoms with Crippen LogP contribution in [0.2, 0.25) is 0 Å². The minimum Gasteiger partial charge on any atom is -0.373 e. The van der Waals surface area contributed by atoms with Crippen molar-refractivity contribution in [2.75, 3.05) is 26.7 Å². The van der Waals surface area contributed by atoms with Crippen LogP contribution in [-0.2, 0) is 11.2 Å². The van der Waals surface area contributed by atoms with E-state index < -0.39 is 0 Å².